The summed E-state index contributed by atoms with van der Waals surface area (Å²) in [6.45, 7) is 1.14. The van der Waals surface area contributed by atoms with Crippen LogP contribution in [0.15, 0.2) is 18.2 Å². The summed E-state index contributed by atoms with van der Waals surface area (Å²) < 4.78 is 25.7. The highest BCUT2D eigenvalue weighted by molar-refractivity contribution is 7.99. The molecule has 104 valence electrons. The first kappa shape index (κ1) is 14.3. The van der Waals surface area contributed by atoms with Gasteiger partial charge in [-0.2, -0.15) is 11.8 Å². The fourth-order valence-corrected chi connectivity index (χ4v) is 2.85. The molecular formula is C13H16F2N2OS. The smallest absolute Gasteiger partial charge is 0.221 e. The largest absolute Gasteiger partial charge is 0.352 e. The van der Waals surface area contributed by atoms with Crippen LogP contribution in [0.4, 0.5) is 8.78 Å². The van der Waals surface area contributed by atoms with Crippen molar-refractivity contribution >= 4 is 17.7 Å². The van der Waals surface area contributed by atoms with Crippen molar-refractivity contribution in [2.24, 2.45) is 0 Å². The topological polar surface area (TPSA) is 41.1 Å². The molecule has 0 aromatic heterocycles. The lowest BCUT2D eigenvalue weighted by molar-refractivity contribution is -0.121. The Hall–Kier alpha value is -1.14. The molecule has 19 heavy (non-hydrogen) atoms. The highest BCUT2D eigenvalue weighted by Gasteiger charge is 2.16. The Morgan fingerprint density at radius 1 is 1.42 bits per heavy atom. The van der Waals surface area contributed by atoms with E-state index in [4.69, 9.17) is 0 Å². The highest BCUT2D eigenvalue weighted by Crippen LogP contribution is 2.11. The lowest BCUT2D eigenvalue weighted by atomic mass is 10.2. The van der Waals surface area contributed by atoms with Crippen LogP contribution in [0, 0.1) is 11.6 Å². The van der Waals surface area contributed by atoms with E-state index in [1.807, 2.05) is 11.8 Å². The molecule has 1 aliphatic rings. The van der Waals surface area contributed by atoms with Gasteiger partial charge in [0.05, 0.1) is 0 Å². The Bertz CT molecular complexity index is 450. The third-order valence-electron chi connectivity index (χ3n) is 2.90. The SMILES string of the molecule is O=C(CC1CSCCN1)NCc1ccc(F)c(F)c1. The molecule has 6 heteroatoms. The zero-order chi connectivity index (χ0) is 13.7. The van der Waals surface area contributed by atoms with Crippen LogP contribution < -0.4 is 10.6 Å². The quantitative estimate of drug-likeness (QED) is 0.885. The summed E-state index contributed by atoms with van der Waals surface area (Å²) in [5, 5.41) is 5.99. The molecule has 1 atom stereocenters. The van der Waals surface area contributed by atoms with Crippen LogP contribution in [0.3, 0.4) is 0 Å². The second-order valence-corrected chi connectivity index (χ2v) is 5.61. The van der Waals surface area contributed by atoms with E-state index in [1.165, 1.54) is 6.07 Å². The minimum absolute atomic E-state index is 0.0790. The van der Waals surface area contributed by atoms with Gasteiger partial charge in [-0.15, -0.1) is 0 Å². The maximum Gasteiger partial charge on any atom is 0.221 e. The van der Waals surface area contributed by atoms with Crippen LogP contribution >= 0.6 is 11.8 Å². The number of amides is 1. The molecule has 2 N–H and O–H groups in total. The number of carbonyl (C=O) groups is 1. The van der Waals surface area contributed by atoms with Gasteiger partial charge in [0.15, 0.2) is 11.6 Å². The first-order chi connectivity index (χ1) is 9.15. The molecule has 1 unspecified atom stereocenters. The fraction of sp³-hybridized carbons (Fsp3) is 0.462. The Morgan fingerprint density at radius 2 is 2.26 bits per heavy atom. The van der Waals surface area contributed by atoms with Crippen LogP contribution in [0.5, 0.6) is 0 Å². The predicted octanol–water partition coefficient (Wildman–Crippen LogP) is 1.68. The van der Waals surface area contributed by atoms with Gasteiger partial charge in [0.1, 0.15) is 0 Å². The Kier molecular flexibility index (Phi) is 5.15. The molecule has 1 aromatic rings. The van der Waals surface area contributed by atoms with Crippen molar-refractivity contribution in [2.75, 3.05) is 18.1 Å². The molecule has 0 aliphatic carbocycles. The molecule has 1 fully saturated rings. The van der Waals surface area contributed by atoms with E-state index >= 15 is 0 Å². The number of thioether (sulfide) groups is 1. The summed E-state index contributed by atoms with van der Waals surface area (Å²) in [7, 11) is 0. The summed E-state index contributed by atoms with van der Waals surface area (Å²) in [4.78, 5) is 11.7. The molecule has 1 aromatic carbocycles. The maximum absolute atomic E-state index is 13.0. The Labute approximate surface area is 115 Å². The lowest BCUT2D eigenvalue weighted by Gasteiger charge is -2.22. The van der Waals surface area contributed by atoms with Crippen molar-refractivity contribution in [3.05, 3.63) is 35.4 Å². The van der Waals surface area contributed by atoms with Crippen LogP contribution in [-0.4, -0.2) is 30.0 Å². The number of hydrogen-bond donors (Lipinski definition) is 2. The fourth-order valence-electron chi connectivity index (χ4n) is 1.90. The number of hydrogen-bond acceptors (Lipinski definition) is 3. The molecule has 0 bridgehead atoms. The second kappa shape index (κ2) is 6.86. The normalized spacial score (nSPS) is 19.2. The number of carbonyl (C=O) groups excluding carboxylic acids is 1. The van der Waals surface area contributed by atoms with Gasteiger partial charge in [0.2, 0.25) is 5.91 Å². The van der Waals surface area contributed by atoms with Gasteiger partial charge in [-0.3, -0.25) is 4.79 Å². The summed E-state index contributed by atoms with van der Waals surface area (Å²) in [5.74, 6) is 0.159. The molecule has 1 aliphatic heterocycles. The molecule has 1 saturated heterocycles. The summed E-state index contributed by atoms with van der Waals surface area (Å²) in [6.07, 6.45) is 0.413. The molecule has 3 nitrogen and oxygen atoms in total. The summed E-state index contributed by atoms with van der Waals surface area (Å²) in [6, 6.07) is 3.83. The van der Waals surface area contributed by atoms with Crippen LogP contribution in [0.1, 0.15) is 12.0 Å². The first-order valence-electron chi connectivity index (χ1n) is 6.17. The van der Waals surface area contributed by atoms with E-state index < -0.39 is 11.6 Å². The van der Waals surface area contributed by atoms with Gasteiger partial charge in [0, 0.05) is 37.1 Å². The van der Waals surface area contributed by atoms with Crippen LogP contribution in [-0.2, 0) is 11.3 Å². The number of nitrogens with one attached hydrogen (secondary N) is 2. The molecule has 2 rings (SSSR count). The molecule has 0 radical (unpaired) electrons. The van der Waals surface area contributed by atoms with Gasteiger partial charge in [-0.05, 0) is 17.7 Å². The lowest BCUT2D eigenvalue weighted by Crippen LogP contribution is -2.41. The Morgan fingerprint density at radius 3 is 2.95 bits per heavy atom. The monoisotopic (exact) mass is 286 g/mol. The Balaban J connectivity index is 1.77. The zero-order valence-corrected chi connectivity index (χ0v) is 11.2. The van der Waals surface area contributed by atoms with Crippen molar-refractivity contribution in [3.8, 4) is 0 Å². The van der Waals surface area contributed by atoms with Crippen LogP contribution in [0.2, 0.25) is 0 Å². The summed E-state index contributed by atoms with van der Waals surface area (Å²) in [5.41, 5.74) is 0.554. The second-order valence-electron chi connectivity index (χ2n) is 4.46. The van der Waals surface area contributed by atoms with Crippen molar-refractivity contribution < 1.29 is 13.6 Å². The van der Waals surface area contributed by atoms with Gasteiger partial charge < -0.3 is 10.6 Å². The van der Waals surface area contributed by atoms with Crippen molar-refractivity contribution in [3.63, 3.8) is 0 Å². The molecule has 0 saturated carbocycles. The van der Waals surface area contributed by atoms with E-state index in [2.05, 4.69) is 10.6 Å². The van der Waals surface area contributed by atoms with E-state index in [1.54, 1.807) is 0 Å². The number of halogens is 2. The first-order valence-corrected chi connectivity index (χ1v) is 7.32. The van der Waals surface area contributed by atoms with Crippen molar-refractivity contribution in [1.29, 1.82) is 0 Å². The standard InChI is InChI=1S/C13H16F2N2OS/c14-11-2-1-9(5-12(11)15)7-17-13(18)6-10-8-19-4-3-16-10/h1-2,5,10,16H,3-4,6-8H2,(H,17,18). The van der Waals surface area contributed by atoms with Gasteiger partial charge >= 0.3 is 0 Å². The van der Waals surface area contributed by atoms with E-state index in [0.717, 1.165) is 30.2 Å². The maximum atomic E-state index is 13.0. The molecule has 1 amide bonds. The van der Waals surface area contributed by atoms with E-state index in [0.29, 0.717) is 12.0 Å². The number of rotatable bonds is 4. The van der Waals surface area contributed by atoms with Gasteiger partial charge in [-0.1, -0.05) is 6.07 Å². The molecular weight excluding hydrogens is 270 g/mol. The predicted molar refractivity (Wildman–Crippen MR) is 71.9 cm³/mol. The third-order valence-corrected chi connectivity index (χ3v) is 4.03. The summed E-state index contributed by atoms with van der Waals surface area (Å²) >= 11 is 1.83. The molecule has 1 heterocycles. The molecule has 0 spiro atoms. The van der Waals surface area contributed by atoms with E-state index in [9.17, 15) is 13.6 Å². The third kappa shape index (κ3) is 4.47. The minimum atomic E-state index is -0.892. The average molecular weight is 286 g/mol. The zero-order valence-electron chi connectivity index (χ0n) is 10.4. The van der Waals surface area contributed by atoms with Crippen LogP contribution in [0.25, 0.3) is 0 Å². The van der Waals surface area contributed by atoms with E-state index in [-0.39, 0.29) is 18.5 Å². The number of benzene rings is 1. The van der Waals surface area contributed by atoms with Crippen molar-refractivity contribution in [1.82, 2.24) is 10.6 Å². The average Bonchev–Trinajstić information content (AvgIpc) is 2.41. The minimum Gasteiger partial charge on any atom is -0.352 e. The van der Waals surface area contributed by atoms with Gasteiger partial charge in [-0.25, -0.2) is 8.78 Å². The van der Waals surface area contributed by atoms with Gasteiger partial charge in [0.25, 0.3) is 0 Å². The van der Waals surface area contributed by atoms with Crippen molar-refractivity contribution in [2.45, 2.75) is 19.0 Å². The highest BCUT2D eigenvalue weighted by atomic mass is 32.2.